The molecule has 0 aliphatic rings. The third-order valence-corrected chi connectivity index (χ3v) is 2.83. The van der Waals surface area contributed by atoms with Crippen LogP contribution in [0.2, 0.25) is 0 Å². The summed E-state index contributed by atoms with van der Waals surface area (Å²) in [5, 5.41) is 0. The van der Waals surface area contributed by atoms with Gasteiger partial charge in [-0.3, -0.25) is 0 Å². The van der Waals surface area contributed by atoms with Crippen LogP contribution in [0.3, 0.4) is 0 Å². The van der Waals surface area contributed by atoms with Crippen LogP contribution in [0.25, 0.3) is 0 Å². The summed E-state index contributed by atoms with van der Waals surface area (Å²) in [6.07, 6.45) is 0. The molecule has 0 saturated heterocycles. The molecule has 0 unspecified atom stereocenters. The average Bonchev–Trinajstić information content (AvgIpc) is 2.04. The third kappa shape index (κ3) is 2.89. The molecule has 0 aliphatic carbocycles. The van der Waals surface area contributed by atoms with Crippen LogP contribution in [0.15, 0.2) is 18.2 Å². The van der Waals surface area contributed by atoms with Gasteiger partial charge in [0.1, 0.15) is 0 Å². The molecular weight excluding hydrogens is 203 g/mol. The molecule has 0 aliphatic heterocycles. The molecule has 0 aromatic heterocycles. The first-order valence-electron chi connectivity index (χ1n) is 4.37. The molecule has 0 amide bonds. The summed E-state index contributed by atoms with van der Waals surface area (Å²) in [6, 6.07) is 6.47. The molecule has 2 heteroatoms. The summed E-state index contributed by atoms with van der Waals surface area (Å²) in [6.45, 7) is 4.19. The van der Waals surface area contributed by atoms with Gasteiger partial charge in [0.25, 0.3) is 0 Å². The Labute approximate surface area is 89.9 Å². The van der Waals surface area contributed by atoms with Crippen molar-refractivity contribution >= 4 is 23.2 Å². The van der Waals surface area contributed by atoms with Crippen molar-refractivity contribution in [3.8, 4) is 0 Å². The maximum Gasteiger partial charge on any atom is 0.0303 e. The van der Waals surface area contributed by atoms with Crippen LogP contribution in [0, 0.1) is 13.8 Å². The minimum absolute atomic E-state index is 0.280. The van der Waals surface area contributed by atoms with Gasteiger partial charge in [-0.1, -0.05) is 29.3 Å². The lowest BCUT2D eigenvalue weighted by molar-refractivity contribution is 0.880. The van der Waals surface area contributed by atoms with E-state index in [2.05, 4.69) is 32.0 Å². The van der Waals surface area contributed by atoms with E-state index in [1.807, 2.05) is 0 Å². The summed E-state index contributed by atoms with van der Waals surface area (Å²) >= 11 is 11.6. The van der Waals surface area contributed by atoms with Crippen molar-refractivity contribution in [2.45, 2.75) is 19.8 Å². The second-order valence-corrected chi connectivity index (χ2v) is 4.04. The van der Waals surface area contributed by atoms with Gasteiger partial charge in [0.2, 0.25) is 0 Å². The number of hydrogen-bond acceptors (Lipinski definition) is 0. The van der Waals surface area contributed by atoms with Gasteiger partial charge in [0, 0.05) is 17.7 Å². The molecular formula is C11H14Cl2. The van der Waals surface area contributed by atoms with E-state index in [0.717, 1.165) is 0 Å². The topological polar surface area (TPSA) is 0 Å². The SMILES string of the molecule is Cc1cc(C)cc(C(CCl)CCl)c1. The Morgan fingerprint density at radius 1 is 1.00 bits per heavy atom. The summed E-state index contributed by atoms with van der Waals surface area (Å²) in [4.78, 5) is 0. The lowest BCUT2D eigenvalue weighted by atomic mass is 9.98. The van der Waals surface area contributed by atoms with Crippen molar-refractivity contribution in [3.05, 3.63) is 34.9 Å². The first kappa shape index (κ1) is 10.9. The van der Waals surface area contributed by atoms with Crippen molar-refractivity contribution in [3.63, 3.8) is 0 Å². The zero-order valence-electron chi connectivity index (χ0n) is 7.98. The molecule has 0 heterocycles. The number of hydrogen-bond donors (Lipinski definition) is 0. The minimum atomic E-state index is 0.280. The Morgan fingerprint density at radius 2 is 1.46 bits per heavy atom. The van der Waals surface area contributed by atoms with E-state index in [1.54, 1.807) is 0 Å². The predicted octanol–water partition coefficient (Wildman–Crippen LogP) is 3.86. The van der Waals surface area contributed by atoms with Crippen molar-refractivity contribution in [2.75, 3.05) is 11.8 Å². The highest BCUT2D eigenvalue weighted by atomic mass is 35.5. The Kier molecular flexibility index (Phi) is 4.08. The van der Waals surface area contributed by atoms with Crippen LogP contribution in [0.1, 0.15) is 22.6 Å². The quantitative estimate of drug-likeness (QED) is 0.674. The van der Waals surface area contributed by atoms with Crippen molar-refractivity contribution in [1.82, 2.24) is 0 Å². The van der Waals surface area contributed by atoms with E-state index in [0.29, 0.717) is 11.8 Å². The predicted molar refractivity (Wildman–Crippen MR) is 60.1 cm³/mol. The lowest BCUT2D eigenvalue weighted by Crippen LogP contribution is -2.02. The van der Waals surface area contributed by atoms with Crippen LogP contribution < -0.4 is 0 Å². The fraction of sp³-hybridized carbons (Fsp3) is 0.455. The van der Waals surface area contributed by atoms with E-state index in [9.17, 15) is 0 Å². The Morgan fingerprint density at radius 3 is 1.85 bits per heavy atom. The van der Waals surface area contributed by atoms with Crippen LogP contribution in [-0.4, -0.2) is 11.8 Å². The smallest absolute Gasteiger partial charge is 0.0303 e. The highest BCUT2D eigenvalue weighted by Crippen LogP contribution is 2.21. The van der Waals surface area contributed by atoms with Crippen LogP contribution in [-0.2, 0) is 0 Å². The van der Waals surface area contributed by atoms with Gasteiger partial charge >= 0.3 is 0 Å². The average molecular weight is 217 g/mol. The maximum absolute atomic E-state index is 5.82. The fourth-order valence-corrected chi connectivity index (χ4v) is 2.15. The number of halogens is 2. The second-order valence-electron chi connectivity index (χ2n) is 3.43. The molecule has 0 fully saturated rings. The molecule has 1 aromatic carbocycles. The van der Waals surface area contributed by atoms with Crippen molar-refractivity contribution in [2.24, 2.45) is 0 Å². The summed E-state index contributed by atoms with van der Waals surface area (Å²) in [5.74, 6) is 1.46. The summed E-state index contributed by atoms with van der Waals surface area (Å²) in [5.41, 5.74) is 3.80. The zero-order valence-corrected chi connectivity index (χ0v) is 9.49. The van der Waals surface area contributed by atoms with Gasteiger partial charge in [0.05, 0.1) is 0 Å². The number of alkyl halides is 2. The van der Waals surface area contributed by atoms with Gasteiger partial charge in [-0.05, 0) is 19.4 Å². The van der Waals surface area contributed by atoms with Crippen LogP contribution >= 0.6 is 23.2 Å². The van der Waals surface area contributed by atoms with Gasteiger partial charge in [-0.25, -0.2) is 0 Å². The van der Waals surface area contributed by atoms with E-state index < -0.39 is 0 Å². The van der Waals surface area contributed by atoms with Gasteiger partial charge in [-0.2, -0.15) is 0 Å². The Balaban J connectivity index is 2.99. The molecule has 0 bridgehead atoms. The summed E-state index contributed by atoms with van der Waals surface area (Å²) in [7, 11) is 0. The molecule has 72 valence electrons. The standard InChI is InChI=1S/C11H14Cl2/c1-8-3-9(2)5-10(4-8)11(6-12)7-13/h3-5,11H,6-7H2,1-2H3. The van der Waals surface area contributed by atoms with Crippen molar-refractivity contribution in [1.29, 1.82) is 0 Å². The molecule has 0 saturated carbocycles. The van der Waals surface area contributed by atoms with Crippen LogP contribution in [0.5, 0.6) is 0 Å². The molecule has 13 heavy (non-hydrogen) atoms. The van der Waals surface area contributed by atoms with E-state index in [4.69, 9.17) is 23.2 Å². The highest BCUT2D eigenvalue weighted by molar-refractivity contribution is 6.21. The maximum atomic E-state index is 5.82. The molecule has 0 atom stereocenters. The van der Waals surface area contributed by atoms with E-state index in [1.165, 1.54) is 16.7 Å². The third-order valence-electron chi connectivity index (χ3n) is 2.09. The first-order valence-corrected chi connectivity index (χ1v) is 5.44. The molecule has 0 radical (unpaired) electrons. The number of benzene rings is 1. The Hall–Kier alpha value is -0.200. The number of aryl methyl sites for hydroxylation is 2. The number of rotatable bonds is 3. The molecule has 0 N–H and O–H groups in total. The minimum Gasteiger partial charge on any atom is -0.126 e. The molecule has 0 spiro atoms. The lowest BCUT2D eigenvalue weighted by Gasteiger charge is -2.12. The monoisotopic (exact) mass is 216 g/mol. The molecule has 1 rings (SSSR count). The van der Waals surface area contributed by atoms with E-state index >= 15 is 0 Å². The Bertz CT molecular complexity index is 257. The van der Waals surface area contributed by atoms with Gasteiger partial charge in [0.15, 0.2) is 0 Å². The van der Waals surface area contributed by atoms with Crippen LogP contribution in [0.4, 0.5) is 0 Å². The highest BCUT2D eigenvalue weighted by Gasteiger charge is 2.09. The summed E-state index contributed by atoms with van der Waals surface area (Å²) < 4.78 is 0. The second kappa shape index (κ2) is 4.88. The zero-order chi connectivity index (χ0) is 9.84. The molecule has 0 nitrogen and oxygen atoms in total. The largest absolute Gasteiger partial charge is 0.126 e. The normalized spacial score (nSPS) is 10.8. The van der Waals surface area contributed by atoms with Gasteiger partial charge < -0.3 is 0 Å². The molecule has 1 aromatic rings. The van der Waals surface area contributed by atoms with Gasteiger partial charge in [-0.15, -0.1) is 23.2 Å². The van der Waals surface area contributed by atoms with Crippen molar-refractivity contribution < 1.29 is 0 Å². The fourth-order valence-electron chi connectivity index (χ4n) is 1.47. The van der Waals surface area contributed by atoms with E-state index in [-0.39, 0.29) is 5.92 Å². The first-order chi connectivity index (χ1) is 6.17.